The van der Waals surface area contributed by atoms with E-state index in [-0.39, 0.29) is 5.91 Å². The summed E-state index contributed by atoms with van der Waals surface area (Å²) in [5.74, 6) is 0.234. The standard InChI is InChI=1S/C12H11ClN2O2/c1-7-10(12(16)14-2)11(15-17-7)8-5-3-4-6-9(8)13/h3-6H,1-2H3,(H,14,16). The van der Waals surface area contributed by atoms with Gasteiger partial charge in [0.25, 0.3) is 5.91 Å². The van der Waals surface area contributed by atoms with Gasteiger partial charge in [-0.3, -0.25) is 4.79 Å². The highest BCUT2D eigenvalue weighted by Gasteiger charge is 2.21. The molecule has 17 heavy (non-hydrogen) atoms. The van der Waals surface area contributed by atoms with Crippen LogP contribution in [0.4, 0.5) is 0 Å². The minimum atomic E-state index is -0.237. The first-order chi connectivity index (χ1) is 8.15. The Bertz CT molecular complexity index is 563. The first kappa shape index (κ1) is 11.7. The van der Waals surface area contributed by atoms with Gasteiger partial charge in [-0.2, -0.15) is 0 Å². The third-order valence-electron chi connectivity index (χ3n) is 2.45. The lowest BCUT2D eigenvalue weighted by Crippen LogP contribution is -2.18. The van der Waals surface area contributed by atoms with E-state index >= 15 is 0 Å². The Labute approximate surface area is 104 Å². The highest BCUT2D eigenvalue weighted by Crippen LogP contribution is 2.30. The van der Waals surface area contributed by atoms with Crippen molar-refractivity contribution in [2.24, 2.45) is 0 Å². The van der Waals surface area contributed by atoms with Gasteiger partial charge in [-0.1, -0.05) is 35.0 Å². The lowest BCUT2D eigenvalue weighted by molar-refractivity contribution is 0.0962. The number of aryl methyl sites for hydroxylation is 1. The van der Waals surface area contributed by atoms with E-state index in [1.165, 1.54) is 0 Å². The van der Waals surface area contributed by atoms with Gasteiger partial charge in [-0.05, 0) is 13.0 Å². The summed E-state index contributed by atoms with van der Waals surface area (Å²) < 4.78 is 5.06. The molecule has 0 saturated heterocycles. The summed E-state index contributed by atoms with van der Waals surface area (Å²) in [6.07, 6.45) is 0. The molecule has 1 N–H and O–H groups in total. The molecule has 0 bridgehead atoms. The maximum absolute atomic E-state index is 11.7. The van der Waals surface area contributed by atoms with Gasteiger partial charge < -0.3 is 9.84 Å². The van der Waals surface area contributed by atoms with Crippen LogP contribution in [0.5, 0.6) is 0 Å². The number of hydrogen-bond donors (Lipinski definition) is 1. The molecule has 4 nitrogen and oxygen atoms in total. The molecule has 0 radical (unpaired) electrons. The summed E-state index contributed by atoms with van der Waals surface area (Å²) in [6, 6.07) is 7.19. The Morgan fingerprint density at radius 1 is 1.41 bits per heavy atom. The number of aromatic nitrogens is 1. The number of hydrogen-bond acceptors (Lipinski definition) is 3. The van der Waals surface area contributed by atoms with Crippen LogP contribution in [-0.2, 0) is 0 Å². The second kappa shape index (κ2) is 4.59. The summed E-state index contributed by atoms with van der Waals surface area (Å²) >= 11 is 6.07. The monoisotopic (exact) mass is 250 g/mol. The van der Waals surface area contributed by atoms with E-state index in [4.69, 9.17) is 16.1 Å². The van der Waals surface area contributed by atoms with Crippen LogP contribution in [-0.4, -0.2) is 18.1 Å². The molecule has 0 aliphatic rings. The molecule has 0 saturated carbocycles. The predicted molar refractivity (Wildman–Crippen MR) is 65.1 cm³/mol. The number of rotatable bonds is 2. The zero-order valence-electron chi connectivity index (χ0n) is 9.45. The fourth-order valence-electron chi connectivity index (χ4n) is 1.60. The van der Waals surface area contributed by atoms with Crippen LogP contribution < -0.4 is 5.32 Å². The van der Waals surface area contributed by atoms with Crippen molar-refractivity contribution in [3.05, 3.63) is 40.6 Å². The molecule has 1 aromatic carbocycles. The number of nitrogens with one attached hydrogen (secondary N) is 1. The molecule has 88 valence electrons. The van der Waals surface area contributed by atoms with Crippen LogP contribution >= 0.6 is 11.6 Å². The zero-order valence-corrected chi connectivity index (χ0v) is 10.2. The third-order valence-corrected chi connectivity index (χ3v) is 2.78. The lowest BCUT2D eigenvalue weighted by atomic mass is 10.1. The number of carbonyl (C=O) groups is 1. The summed E-state index contributed by atoms with van der Waals surface area (Å²) in [6.45, 7) is 1.69. The Kier molecular flexibility index (Phi) is 3.15. The van der Waals surface area contributed by atoms with Gasteiger partial charge >= 0.3 is 0 Å². The SMILES string of the molecule is CNC(=O)c1c(-c2ccccc2Cl)noc1C. The van der Waals surface area contributed by atoms with Crippen LogP contribution in [0.25, 0.3) is 11.3 Å². The molecule has 0 aliphatic heterocycles. The average Bonchev–Trinajstić information content (AvgIpc) is 2.71. The van der Waals surface area contributed by atoms with Crippen molar-refractivity contribution < 1.29 is 9.32 Å². The molecular weight excluding hydrogens is 240 g/mol. The average molecular weight is 251 g/mol. The van der Waals surface area contributed by atoms with E-state index in [9.17, 15) is 4.79 Å². The van der Waals surface area contributed by atoms with Gasteiger partial charge in [0.1, 0.15) is 17.0 Å². The number of benzene rings is 1. The molecule has 1 heterocycles. The molecule has 0 unspecified atom stereocenters. The van der Waals surface area contributed by atoms with Crippen LogP contribution in [0.15, 0.2) is 28.8 Å². The Morgan fingerprint density at radius 2 is 2.12 bits per heavy atom. The maximum atomic E-state index is 11.7. The highest BCUT2D eigenvalue weighted by molar-refractivity contribution is 6.33. The first-order valence-corrected chi connectivity index (χ1v) is 5.46. The molecule has 1 aromatic heterocycles. The van der Waals surface area contributed by atoms with E-state index in [1.54, 1.807) is 26.1 Å². The largest absolute Gasteiger partial charge is 0.360 e. The smallest absolute Gasteiger partial charge is 0.256 e. The summed E-state index contributed by atoms with van der Waals surface area (Å²) in [4.78, 5) is 11.7. The lowest BCUT2D eigenvalue weighted by Gasteiger charge is -2.02. The van der Waals surface area contributed by atoms with Gasteiger partial charge in [0.2, 0.25) is 0 Å². The Hall–Kier alpha value is -1.81. The van der Waals surface area contributed by atoms with E-state index in [2.05, 4.69) is 10.5 Å². The molecule has 0 atom stereocenters. The normalized spacial score (nSPS) is 10.3. The number of nitrogens with zero attached hydrogens (tertiary/aromatic N) is 1. The molecule has 0 aliphatic carbocycles. The topological polar surface area (TPSA) is 55.1 Å². The van der Waals surface area contributed by atoms with Crippen molar-refractivity contribution in [3.63, 3.8) is 0 Å². The minimum absolute atomic E-state index is 0.237. The van der Waals surface area contributed by atoms with Gasteiger partial charge in [0.15, 0.2) is 0 Å². The molecule has 0 spiro atoms. The fraction of sp³-hybridized carbons (Fsp3) is 0.167. The summed E-state index contributed by atoms with van der Waals surface area (Å²) in [5.41, 5.74) is 1.57. The quantitative estimate of drug-likeness (QED) is 0.892. The molecular formula is C12H11ClN2O2. The van der Waals surface area contributed by atoms with Crippen molar-refractivity contribution in [1.82, 2.24) is 10.5 Å². The highest BCUT2D eigenvalue weighted by atomic mass is 35.5. The van der Waals surface area contributed by atoms with Gasteiger partial charge in [-0.15, -0.1) is 0 Å². The van der Waals surface area contributed by atoms with E-state index < -0.39 is 0 Å². The number of halogens is 1. The van der Waals surface area contributed by atoms with Crippen molar-refractivity contribution >= 4 is 17.5 Å². The van der Waals surface area contributed by atoms with E-state index in [0.717, 1.165) is 0 Å². The van der Waals surface area contributed by atoms with Crippen LogP contribution in [0.1, 0.15) is 16.1 Å². The van der Waals surface area contributed by atoms with Gasteiger partial charge in [-0.25, -0.2) is 0 Å². The van der Waals surface area contributed by atoms with Gasteiger partial charge in [0, 0.05) is 12.6 Å². The van der Waals surface area contributed by atoms with Crippen LogP contribution in [0.3, 0.4) is 0 Å². The van der Waals surface area contributed by atoms with Crippen molar-refractivity contribution in [3.8, 4) is 11.3 Å². The summed E-state index contributed by atoms with van der Waals surface area (Å²) in [7, 11) is 1.56. The molecule has 2 aromatic rings. The van der Waals surface area contributed by atoms with Crippen LogP contribution in [0, 0.1) is 6.92 Å². The second-order valence-corrected chi connectivity index (χ2v) is 3.93. The Balaban J connectivity index is 2.61. The second-order valence-electron chi connectivity index (χ2n) is 3.52. The van der Waals surface area contributed by atoms with E-state index in [0.29, 0.717) is 27.6 Å². The molecule has 2 rings (SSSR count). The number of carbonyl (C=O) groups excluding carboxylic acids is 1. The summed E-state index contributed by atoms with van der Waals surface area (Å²) in [5, 5.41) is 6.98. The van der Waals surface area contributed by atoms with Crippen molar-refractivity contribution in [1.29, 1.82) is 0 Å². The maximum Gasteiger partial charge on any atom is 0.256 e. The van der Waals surface area contributed by atoms with Crippen molar-refractivity contribution in [2.75, 3.05) is 7.05 Å². The predicted octanol–water partition coefficient (Wildman–Crippen LogP) is 2.66. The molecule has 1 amide bonds. The zero-order chi connectivity index (χ0) is 12.4. The van der Waals surface area contributed by atoms with Crippen molar-refractivity contribution in [2.45, 2.75) is 6.92 Å². The first-order valence-electron chi connectivity index (χ1n) is 5.08. The third kappa shape index (κ3) is 2.03. The van der Waals surface area contributed by atoms with Gasteiger partial charge in [0.05, 0.1) is 5.02 Å². The minimum Gasteiger partial charge on any atom is -0.360 e. The number of amides is 1. The van der Waals surface area contributed by atoms with Crippen LogP contribution in [0.2, 0.25) is 5.02 Å². The van der Waals surface area contributed by atoms with E-state index in [1.807, 2.05) is 12.1 Å². The fourth-order valence-corrected chi connectivity index (χ4v) is 1.83. The molecule has 0 fully saturated rings. The molecule has 5 heteroatoms. The Morgan fingerprint density at radius 3 is 2.76 bits per heavy atom.